The van der Waals surface area contributed by atoms with Crippen molar-refractivity contribution in [2.75, 3.05) is 20.2 Å². The average Bonchev–Trinajstić information content (AvgIpc) is 2.86. The molecule has 6 heteroatoms. The first kappa shape index (κ1) is 15.2. The molecule has 1 aliphatic rings. The third-order valence-corrected chi connectivity index (χ3v) is 3.35. The molecule has 1 N–H and O–H groups in total. The van der Waals surface area contributed by atoms with E-state index in [0.717, 1.165) is 0 Å². The summed E-state index contributed by atoms with van der Waals surface area (Å²) in [6, 6.07) is 6.99. The number of nitrogens with one attached hydrogen (secondary N) is 1. The summed E-state index contributed by atoms with van der Waals surface area (Å²) in [6.07, 6.45) is -0.639. The third kappa shape index (κ3) is 3.65. The fourth-order valence-electron chi connectivity index (χ4n) is 2.14. The average molecular weight is 292 g/mol. The van der Waals surface area contributed by atoms with Gasteiger partial charge in [0.1, 0.15) is 11.9 Å². The van der Waals surface area contributed by atoms with Crippen LogP contribution in [0.4, 0.5) is 4.79 Å². The first-order valence-electron chi connectivity index (χ1n) is 6.90. The molecule has 0 aromatic heterocycles. The smallest absolute Gasteiger partial charge is 0.410 e. The van der Waals surface area contributed by atoms with Gasteiger partial charge in [-0.25, -0.2) is 4.79 Å². The van der Waals surface area contributed by atoms with Crippen LogP contribution in [0.25, 0.3) is 0 Å². The molecule has 0 spiro atoms. The van der Waals surface area contributed by atoms with Crippen LogP contribution in [-0.2, 0) is 4.74 Å². The van der Waals surface area contributed by atoms with Crippen LogP contribution in [-0.4, -0.2) is 49.2 Å². The van der Waals surface area contributed by atoms with Crippen molar-refractivity contribution in [3.63, 3.8) is 0 Å². The lowest BCUT2D eigenvalue weighted by molar-refractivity contribution is 0.0914. The van der Waals surface area contributed by atoms with Gasteiger partial charge in [-0.05, 0) is 32.0 Å². The van der Waals surface area contributed by atoms with Crippen LogP contribution in [0.1, 0.15) is 24.2 Å². The molecule has 1 aliphatic heterocycles. The van der Waals surface area contributed by atoms with Crippen LogP contribution in [0.2, 0.25) is 0 Å². The molecule has 0 saturated carbocycles. The standard InChI is InChI=1S/C15H20N2O4/c1-10(2)17-9-13(21-15(17)19)8-16-14(18)11-5-4-6-12(7-11)20-3/h4-7,10,13H,8-9H2,1-3H3,(H,16,18). The highest BCUT2D eigenvalue weighted by molar-refractivity contribution is 5.94. The van der Waals surface area contributed by atoms with E-state index in [1.807, 2.05) is 13.8 Å². The van der Waals surface area contributed by atoms with E-state index in [9.17, 15) is 9.59 Å². The molecule has 0 aliphatic carbocycles. The number of rotatable bonds is 5. The summed E-state index contributed by atoms with van der Waals surface area (Å²) >= 11 is 0. The number of methoxy groups -OCH3 is 1. The number of hydrogen-bond donors (Lipinski definition) is 1. The zero-order valence-electron chi connectivity index (χ0n) is 12.5. The summed E-state index contributed by atoms with van der Waals surface area (Å²) in [7, 11) is 1.55. The molecule has 0 radical (unpaired) electrons. The predicted molar refractivity (Wildman–Crippen MR) is 77.4 cm³/mol. The summed E-state index contributed by atoms with van der Waals surface area (Å²) in [5, 5.41) is 2.77. The number of carbonyl (C=O) groups is 2. The molecule has 1 fully saturated rings. The second-order valence-electron chi connectivity index (χ2n) is 5.19. The van der Waals surface area contributed by atoms with Gasteiger partial charge in [0.2, 0.25) is 0 Å². The highest BCUT2D eigenvalue weighted by Crippen LogP contribution is 2.15. The Kier molecular flexibility index (Phi) is 4.67. The number of cyclic esters (lactones) is 1. The Morgan fingerprint density at radius 3 is 2.90 bits per heavy atom. The van der Waals surface area contributed by atoms with Crippen LogP contribution < -0.4 is 10.1 Å². The lowest BCUT2D eigenvalue weighted by Crippen LogP contribution is -2.36. The number of benzene rings is 1. The molecule has 1 aromatic carbocycles. The fraction of sp³-hybridized carbons (Fsp3) is 0.467. The van der Waals surface area contributed by atoms with Crippen molar-refractivity contribution in [3.8, 4) is 5.75 Å². The molecule has 114 valence electrons. The number of hydrogen-bond acceptors (Lipinski definition) is 4. The molecule has 1 unspecified atom stereocenters. The maximum absolute atomic E-state index is 12.0. The summed E-state index contributed by atoms with van der Waals surface area (Å²) in [4.78, 5) is 25.3. The lowest BCUT2D eigenvalue weighted by Gasteiger charge is -2.16. The maximum Gasteiger partial charge on any atom is 0.410 e. The summed E-state index contributed by atoms with van der Waals surface area (Å²) in [6.45, 7) is 4.65. The zero-order valence-corrected chi connectivity index (χ0v) is 12.5. The largest absolute Gasteiger partial charge is 0.497 e. The van der Waals surface area contributed by atoms with Gasteiger partial charge in [0.15, 0.2) is 0 Å². The molecule has 1 atom stereocenters. The Balaban J connectivity index is 1.88. The minimum absolute atomic E-state index is 0.0941. The second kappa shape index (κ2) is 6.47. The molecule has 1 saturated heterocycles. The number of ether oxygens (including phenoxy) is 2. The molecule has 1 aromatic rings. The lowest BCUT2D eigenvalue weighted by atomic mass is 10.2. The van der Waals surface area contributed by atoms with E-state index in [1.54, 1.807) is 36.3 Å². The van der Waals surface area contributed by atoms with Crippen molar-refractivity contribution in [3.05, 3.63) is 29.8 Å². The van der Waals surface area contributed by atoms with E-state index in [2.05, 4.69) is 5.32 Å². The highest BCUT2D eigenvalue weighted by atomic mass is 16.6. The Morgan fingerprint density at radius 1 is 1.52 bits per heavy atom. The number of nitrogens with zero attached hydrogens (tertiary/aromatic N) is 1. The predicted octanol–water partition coefficient (Wildman–Crippen LogP) is 1.65. The minimum Gasteiger partial charge on any atom is -0.497 e. The van der Waals surface area contributed by atoms with E-state index >= 15 is 0 Å². The van der Waals surface area contributed by atoms with Gasteiger partial charge in [-0.1, -0.05) is 6.07 Å². The fourth-order valence-corrected chi connectivity index (χ4v) is 2.14. The Morgan fingerprint density at radius 2 is 2.29 bits per heavy atom. The second-order valence-corrected chi connectivity index (χ2v) is 5.19. The number of amides is 2. The monoisotopic (exact) mass is 292 g/mol. The van der Waals surface area contributed by atoms with E-state index in [-0.39, 0.29) is 24.1 Å². The Hall–Kier alpha value is -2.24. The van der Waals surface area contributed by atoms with Crippen molar-refractivity contribution < 1.29 is 19.1 Å². The molecule has 2 amide bonds. The van der Waals surface area contributed by atoms with E-state index in [4.69, 9.17) is 9.47 Å². The van der Waals surface area contributed by atoms with E-state index < -0.39 is 0 Å². The van der Waals surface area contributed by atoms with Crippen LogP contribution in [0.15, 0.2) is 24.3 Å². The number of carbonyl (C=O) groups excluding carboxylic acids is 2. The molecular weight excluding hydrogens is 272 g/mol. The van der Waals surface area contributed by atoms with Gasteiger partial charge in [-0.3, -0.25) is 4.79 Å². The van der Waals surface area contributed by atoms with Crippen molar-refractivity contribution in [2.24, 2.45) is 0 Å². The van der Waals surface area contributed by atoms with Crippen molar-refractivity contribution in [1.82, 2.24) is 10.2 Å². The molecule has 21 heavy (non-hydrogen) atoms. The summed E-state index contributed by atoms with van der Waals surface area (Å²) in [5.74, 6) is 0.411. The van der Waals surface area contributed by atoms with Crippen molar-refractivity contribution in [2.45, 2.75) is 26.0 Å². The van der Waals surface area contributed by atoms with Crippen LogP contribution >= 0.6 is 0 Å². The first-order valence-corrected chi connectivity index (χ1v) is 6.90. The van der Waals surface area contributed by atoms with Gasteiger partial charge in [0, 0.05) is 11.6 Å². The van der Waals surface area contributed by atoms with Gasteiger partial charge in [-0.2, -0.15) is 0 Å². The zero-order chi connectivity index (χ0) is 15.4. The Labute approximate surface area is 124 Å². The van der Waals surface area contributed by atoms with Crippen molar-refractivity contribution in [1.29, 1.82) is 0 Å². The normalized spacial score (nSPS) is 17.8. The van der Waals surface area contributed by atoms with Gasteiger partial charge in [0.05, 0.1) is 20.2 Å². The van der Waals surface area contributed by atoms with Gasteiger partial charge < -0.3 is 19.7 Å². The van der Waals surface area contributed by atoms with Crippen LogP contribution in [0.5, 0.6) is 5.75 Å². The van der Waals surface area contributed by atoms with Crippen LogP contribution in [0.3, 0.4) is 0 Å². The maximum atomic E-state index is 12.0. The molecular formula is C15H20N2O4. The molecule has 2 rings (SSSR count). The quantitative estimate of drug-likeness (QED) is 0.896. The van der Waals surface area contributed by atoms with Gasteiger partial charge in [0.25, 0.3) is 5.91 Å². The molecule has 1 heterocycles. The van der Waals surface area contributed by atoms with E-state index in [1.165, 1.54) is 0 Å². The third-order valence-electron chi connectivity index (χ3n) is 3.35. The molecule has 0 bridgehead atoms. The van der Waals surface area contributed by atoms with Crippen molar-refractivity contribution >= 4 is 12.0 Å². The summed E-state index contributed by atoms with van der Waals surface area (Å²) < 4.78 is 10.3. The summed E-state index contributed by atoms with van der Waals surface area (Å²) in [5.41, 5.74) is 0.513. The SMILES string of the molecule is COc1cccc(C(=O)NCC2CN(C(C)C)C(=O)O2)c1. The topological polar surface area (TPSA) is 67.9 Å². The van der Waals surface area contributed by atoms with Crippen LogP contribution in [0, 0.1) is 0 Å². The first-order chi connectivity index (χ1) is 10.0. The van der Waals surface area contributed by atoms with E-state index in [0.29, 0.717) is 24.4 Å². The Bertz CT molecular complexity index is 530. The minimum atomic E-state index is -0.328. The molecule has 6 nitrogen and oxygen atoms in total. The van der Waals surface area contributed by atoms with Gasteiger partial charge >= 0.3 is 6.09 Å². The highest BCUT2D eigenvalue weighted by Gasteiger charge is 2.32. The van der Waals surface area contributed by atoms with Gasteiger partial charge in [-0.15, -0.1) is 0 Å².